The molecule has 0 saturated carbocycles. The maximum atomic E-state index is 12.7. The first-order valence-electron chi connectivity index (χ1n) is 11.4. The van der Waals surface area contributed by atoms with E-state index in [-0.39, 0.29) is 18.3 Å². The van der Waals surface area contributed by atoms with Crippen LogP contribution in [0.15, 0.2) is 51.7 Å². The Morgan fingerprint density at radius 2 is 1.76 bits per heavy atom. The van der Waals surface area contributed by atoms with Crippen LogP contribution >= 0.6 is 0 Å². The number of carbonyl (C=O) groups is 2. The lowest BCUT2D eigenvalue weighted by Crippen LogP contribution is -2.21. The third-order valence-electron chi connectivity index (χ3n) is 5.78. The monoisotopic (exact) mass is 462 g/mol. The Balaban J connectivity index is 1.68. The normalized spacial score (nSPS) is 11.2. The summed E-state index contributed by atoms with van der Waals surface area (Å²) in [5.74, 6) is -0.697. The number of ether oxygens (including phenoxy) is 1. The predicted octanol–water partition coefficient (Wildman–Crippen LogP) is 4.84. The summed E-state index contributed by atoms with van der Waals surface area (Å²) >= 11 is 0. The SMILES string of the molecule is CCN(CC)c1ccc2nc3c4cc(OC(=O)CCCCC(=O)O)ccc4c(=O)cc-3oc2c1. The quantitative estimate of drug-likeness (QED) is 0.124. The molecule has 1 N–H and O–H groups in total. The number of nitrogens with zero attached hydrogens (tertiary/aromatic N) is 2. The molecule has 0 spiro atoms. The van der Waals surface area contributed by atoms with Crippen molar-refractivity contribution in [3.63, 3.8) is 0 Å². The van der Waals surface area contributed by atoms with Crippen molar-refractivity contribution in [1.82, 2.24) is 4.98 Å². The summed E-state index contributed by atoms with van der Waals surface area (Å²) < 4.78 is 11.5. The standard InChI is InChI=1S/C26H26N2O6/c1-3-28(4-2)16-9-12-20-22(13-16)34-23-15-21(29)18-11-10-17(14-19(18)26(23)27-20)33-25(32)8-6-5-7-24(30)31/h9-15H,3-8H2,1-2H3,(H,30,31). The van der Waals surface area contributed by atoms with Gasteiger partial charge in [0.15, 0.2) is 16.8 Å². The highest BCUT2D eigenvalue weighted by molar-refractivity contribution is 5.97. The van der Waals surface area contributed by atoms with E-state index in [0.29, 0.717) is 51.9 Å². The van der Waals surface area contributed by atoms with Gasteiger partial charge in [0.25, 0.3) is 0 Å². The molecule has 0 saturated heterocycles. The van der Waals surface area contributed by atoms with Gasteiger partial charge < -0.3 is 19.2 Å². The van der Waals surface area contributed by atoms with E-state index in [0.717, 1.165) is 18.8 Å². The molecule has 0 unspecified atom stereocenters. The molecule has 34 heavy (non-hydrogen) atoms. The molecular weight excluding hydrogens is 436 g/mol. The van der Waals surface area contributed by atoms with Gasteiger partial charge in [-0.05, 0) is 57.0 Å². The highest BCUT2D eigenvalue weighted by Crippen LogP contribution is 2.33. The lowest BCUT2D eigenvalue weighted by atomic mass is 10.0. The van der Waals surface area contributed by atoms with Crippen molar-refractivity contribution in [3.05, 3.63) is 52.7 Å². The van der Waals surface area contributed by atoms with Crippen LogP contribution in [0.2, 0.25) is 0 Å². The molecule has 2 aromatic rings. The molecule has 8 nitrogen and oxygen atoms in total. The van der Waals surface area contributed by atoms with E-state index in [1.54, 1.807) is 18.2 Å². The summed E-state index contributed by atoms with van der Waals surface area (Å²) in [6.07, 6.45) is 0.955. The lowest BCUT2D eigenvalue weighted by molar-refractivity contribution is -0.138. The number of hydrogen-bond donors (Lipinski definition) is 1. The second-order valence-electron chi connectivity index (χ2n) is 8.04. The van der Waals surface area contributed by atoms with Crippen LogP contribution in [0.25, 0.3) is 33.3 Å². The maximum absolute atomic E-state index is 12.7. The average molecular weight is 463 g/mol. The fourth-order valence-corrected chi connectivity index (χ4v) is 4.02. The predicted molar refractivity (Wildman–Crippen MR) is 130 cm³/mol. The van der Waals surface area contributed by atoms with E-state index in [9.17, 15) is 14.4 Å². The van der Waals surface area contributed by atoms with Crippen LogP contribution < -0.4 is 15.1 Å². The van der Waals surface area contributed by atoms with E-state index < -0.39 is 11.9 Å². The van der Waals surface area contributed by atoms with Crippen molar-refractivity contribution >= 4 is 39.5 Å². The molecule has 8 heteroatoms. The Kier molecular flexibility index (Phi) is 6.77. The summed E-state index contributed by atoms with van der Waals surface area (Å²) in [7, 11) is 0. The minimum absolute atomic E-state index is 0.0149. The molecule has 1 aliphatic carbocycles. The number of carboxylic acid groups (broad SMARTS) is 1. The maximum Gasteiger partial charge on any atom is 0.311 e. The fourth-order valence-electron chi connectivity index (χ4n) is 4.02. The zero-order valence-corrected chi connectivity index (χ0v) is 19.2. The number of unbranched alkanes of at least 4 members (excludes halogenated alkanes) is 1. The van der Waals surface area contributed by atoms with Gasteiger partial charge in [-0.1, -0.05) is 0 Å². The second kappa shape index (κ2) is 9.91. The van der Waals surface area contributed by atoms with Crippen molar-refractivity contribution in [2.24, 2.45) is 0 Å². The van der Waals surface area contributed by atoms with Gasteiger partial charge in [0.2, 0.25) is 0 Å². The molecule has 0 aromatic heterocycles. The summed E-state index contributed by atoms with van der Waals surface area (Å²) in [4.78, 5) is 42.4. The van der Waals surface area contributed by atoms with Gasteiger partial charge in [0.05, 0.1) is 0 Å². The molecule has 0 radical (unpaired) electrons. The fraction of sp³-hybridized carbons (Fsp3) is 0.308. The van der Waals surface area contributed by atoms with Gasteiger partial charge in [0, 0.05) is 54.5 Å². The number of aromatic nitrogens is 1. The molecule has 0 atom stereocenters. The van der Waals surface area contributed by atoms with Crippen molar-refractivity contribution in [2.45, 2.75) is 39.5 Å². The first-order valence-corrected chi connectivity index (χ1v) is 11.4. The molecule has 4 rings (SSSR count). The molecule has 2 aromatic carbocycles. The smallest absolute Gasteiger partial charge is 0.311 e. The number of aliphatic carboxylic acids is 1. The van der Waals surface area contributed by atoms with Crippen LogP contribution in [0, 0.1) is 0 Å². The van der Waals surface area contributed by atoms with Crippen LogP contribution in [0.5, 0.6) is 5.75 Å². The number of carboxylic acids is 1. The van der Waals surface area contributed by atoms with E-state index in [1.165, 1.54) is 6.07 Å². The van der Waals surface area contributed by atoms with Crippen LogP contribution in [0.4, 0.5) is 5.69 Å². The lowest BCUT2D eigenvalue weighted by Gasteiger charge is -2.21. The van der Waals surface area contributed by atoms with Gasteiger partial charge in [-0.3, -0.25) is 14.4 Å². The highest BCUT2D eigenvalue weighted by Gasteiger charge is 2.18. The Labute approximate surface area is 196 Å². The molecule has 0 bridgehead atoms. The number of anilines is 1. The van der Waals surface area contributed by atoms with E-state index in [4.69, 9.17) is 19.2 Å². The summed E-state index contributed by atoms with van der Waals surface area (Å²) in [6, 6.07) is 12.0. The van der Waals surface area contributed by atoms with Crippen LogP contribution in [-0.2, 0) is 9.59 Å². The number of rotatable bonds is 9. The summed E-state index contributed by atoms with van der Waals surface area (Å²) in [5.41, 5.74) is 2.56. The molecule has 0 fully saturated rings. The van der Waals surface area contributed by atoms with Crippen molar-refractivity contribution in [1.29, 1.82) is 0 Å². The number of fused-ring (bicyclic) bond motifs is 4. The Morgan fingerprint density at radius 3 is 2.50 bits per heavy atom. The molecule has 2 aliphatic rings. The molecule has 1 heterocycles. The third-order valence-corrected chi connectivity index (χ3v) is 5.78. The average Bonchev–Trinajstić information content (AvgIpc) is 2.81. The number of carbonyl (C=O) groups excluding carboxylic acids is 1. The zero-order chi connectivity index (χ0) is 24.2. The van der Waals surface area contributed by atoms with Gasteiger partial charge >= 0.3 is 11.9 Å². The summed E-state index contributed by atoms with van der Waals surface area (Å²) in [6.45, 7) is 5.89. The van der Waals surface area contributed by atoms with Crippen molar-refractivity contribution in [2.75, 3.05) is 18.0 Å². The summed E-state index contributed by atoms with van der Waals surface area (Å²) in [5, 5.41) is 9.69. The molecule has 176 valence electrons. The van der Waals surface area contributed by atoms with E-state index in [1.807, 2.05) is 18.2 Å². The van der Waals surface area contributed by atoms with E-state index in [2.05, 4.69) is 18.7 Å². The zero-order valence-electron chi connectivity index (χ0n) is 19.2. The van der Waals surface area contributed by atoms with Crippen LogP contribution in [0.3, 0.4) is 0 Å². The van der Waals surface area contributed by atoms with Gasteiger partial charge in [-0.25, -0.2) is 4.98 Å². The first-order chi connectivity index (χ1) is 16.4. The third kappa shape index (κ3) is 4.85. The van der Waals surface area contributed by atoms with Gasteiger partial charge in [0.1, 0.15) is 17.0 Å². The molecule has 1 aliphatic heterocycles. The number of esters is 1. The van der Waals surface area contributed by atoms with E-state index >= 15 is 0 Å². The Bertz CT molecular complexity index is 1390. The minimum atomic E-state index is -0.891. The molecule has 0 amide bonds. The van der Waals surface area contributed by atoms with Gasteiger partial charge in [-0.15, -0.1) is 0 Å². The van der Waals surface area contributed by atoms with Crippen LogP contribution in [-0.4, -0.2) is 35.1 Å². The highest BCUT2D eigenvalue weighted by atomic mass is 16.5. The number of hydrogen-bond acceptors (Lipinski definition) is 7. The number of benzene rings is 3. The second-order valence-corrected chi connectivity index (χ2v) is 8.04. The molecular formula is C26H26N2O6. The largest absolute Gasteiger partial charge is 0.481 e. The van der Waals surface area contributed by atoms with Gasteiger partial charge in [-0.2, -0.15) is 0 Å². The Morgan fingerprint density at radius 1 is 1.00 bits per heavy atom. The first kappa shape index (κ1) is 23.2. The topological polar surface area (TPSA) is 110 Å². The van der Waals surface area contributed by atoms with Crippen LogP contribution in [0.1, 0.15) is 39.5 Å². The van der Waals surface area contributed by atoms with Crippen molar-refractivity contribution < 1.29 is 23.8 Å². The Hall–Kier alpha value is -3.94. The minimum Gasteiger partial charge on any atom is -0.481 e. The van der Waals surface area contributed by atoms with Crippen molar-refractivity contribution in [3.8, 4) is 17.2 Å².